The molecule has 0 N–H and O–H groups in total. The highest BCUT2D eigenvalue weighted by Gasteiger charge is 2.20. The van der Waals surface area contributed by atoms with E-state index in [9.17, 15) is 0 Å². The van der Waals surface area contributed by atoms with Crippen LogP contribution in [0.5, 0.6) is 0 Å². The first kappa shape index (κ1) is 28.1. The lowest BCUT2D eigenvalue weighted by atomic mass is 9.80. The van der Waals surface area contributed by atoms with Crippen molar-refractivity contribution < 1.29 is 0 Å². The molecular formula is C39H42. The van der Waals surface area contributed by atoms with Gasteiger partial charge in [-0.1, -0.05) is 98.0 Å². The summed E-state index contributed by atoms with van der Waals surface area (Å²) in [4.78, 5) is 0. The van der Waals surface area contributed by atoms with E-state index in [1.54, 1.807) is 0 Å². The van der Waals surface area contributed by atoms with Crippen molar-refractivity contribution in [1.82, 2.24) is 0 Å². The van der Waals surface area contributed by atoms with E-state index in [1.165, 1.54) is 66.8 Å². The van der Waals surface area contributed by atoms with E-state index in [4.69, 9.17) is 0 Å². The predicted octanol–water partition coefficient (Wildman–Crippen LogP) is 11.4. The average Bonchev–Trinajstić information content (AvgIpc) is 2.91. The number of hydrogen-bond donors (Lipinski definition) is 0. The highest BCUT2D eigenvalue weighted by atomic mass is 14.2. The summed E-state index contributed by atoms with van der Waals surface area (Å²) < 4.78 is 0. The van der Waals surface area contributed by atoms with Crippen molar-refractivity contribution in [3.05, 3.63) is 148 Å². The monoisotopic (exact) mass is 510 g/mol. The lowest BCUT2D eigenvalue weighted by molar-refractivity contribution is 0.706. The Kier molecular flexibility index (Phi) is 8.56. The minimum Gasteiger partial charge on any atom is -0.0955 e. The summed E-state index contributed by atoms with van der Waals surface area (Å²) in [5.74, 6) is 0.523. The molecule has 1 unspecified atom stereocenters. The molecule has 0 nitrogen and oxygen atoms in total. The van der Waals surface area contributed by atoms with Crippen LogP contribution >= 0.6 is 0 Å². The maximum Gasteiger partial charge on any atom is -0.0123 e. The zero-order valence-electron chi connectivity index (χ0n) is 24.8. The topological polar surface area (TPSA) is 0 Å². The third kappa shape index (κ3) is 6.07. The van der Waals surface area contributed by atoms with Crippen LogP contribution in [0.4, 0.5) is 0 Å². The zero-order valence-corrected chi connectivity index (χ0v) is 24.8. The van der Waals surface area contributed by atoms with Gasteiger partial charge in [-0.05, 0) is 139 Å². The summed E-state index contributed by atoms with van der Waals surface area (Å²) in [6.45, 7) is 24.3. The van der Waals surface area contributed by atoms with Crippen LogP contribution < -0.4 is 0 Å². The second-order valence-electron chi connectivity index (χ2n) is 11.2. The van der Waals surface area contributed by atoms with Gasteiger partial charge in [-0.2, -0.15) is 0 Å². The summed E-state index contributed by atoms with van der Waals surface area (Å²) in [5.41, 5.74) is 17.4. The van der Waals surface area contributed by atoms with E-state index < -0.39 is 0 Å². The number of benzene rings is 3. The molecular weight excluding hydrogens is 468 g/mol. The van der Waals surface area contributed by atoms with Crippen LogP contribution in [0.25, 0.3) is 27.8 Å². The van der Waals surface area contributed by atoms with Crippen LogP contribution in [-0.4, -0.2) is 0 Å². The van der Waals surface area contributed by atoms with E-state index in [2.05, 4.69) is 147 Å². The Bertz CT molecular complexity index is 1550. The Hall–Kier alpha value is -3.90. The standard InChI is InChI=1S/C39H42/c1-25(2)38(36-18-14-13-15-28(36)6)30(8)33-22-34(24-35(23-33)32-16-11-10-12-17-32)31(9)39(26(3)4)37-21-27(5)19-20-29(37)7/h10-20,22-24,27H,1,3,21H2,2,4-9H3/b38-30-,39-31-. The van der Waals surface area contributed by atoms with Gasteiger partial charge in [0.25, 0.3) is 0 Å². The number of hydrogen-bond acceptors (Lipinski definition) is 0. The first-order valence-corrected chi connectivity index (χ1v) is 14.0. The van der Waals surface area contributed by atoms with Gasteiger partial charge in [-0.3, -0.25) is 0 Å². The van der Waals surface area contributed by atoms with Gasteiger partial charge in [0.05, 0.1) is 0 Å². The van der Waals surface area contributed by atoms with E-state index in [0.717, 1.165) is 17.6 Å². The predicted molar refractivity (Wildman–Crippen MR) is 173 cm³/mol. The van der Waals surface area contributed by atoms with Crippen LogP contribution in [0.1, 0.15) is 70.2 Å². The summed E-state index contributed by atoms with van der Waals surface area (Å²) in [7, 11) is 0. The third-order valence-electron chi connectivity index (χ3n) is 7.90. The largest absolute Gasteiger partial charge is 0.0955 e. The van der Waals surface area contributed by atoms with E-state index >= 15 is 0 Å². The average molecular weight is 511 g/mol. The summed E-state index contributed by atoms with van der Waals surface area (Å²) in [6.07, 6.45) is 5.64. The van der Waals surface area contributed by atoms with Crippen molar-refractivity contribution in [3.8, 4) is 11.1 Å². The van der Waals surface area contributed by atoms with Gasteiger partial charge in [0.1, 0.15) is 0 Å². The van der Waals surface area contributed by atoms with Gasteiger partial charge in [0.15, 0.2) is 0 Å². The molecule has 0 saturated carbocycles. The molecule has 1 aliphatic rings. The second kappa shape index (κ2) is 11.9. The Morgan fingerprint density at radius 1 is 0.692 bits per heavy atom. The fraction of sp³-hybridized carbons (Fsp3) is 0.231. The summed E-state index contributed by atoms with van der Waals surface area (Å²) in [6, 6.07) is 26.3. The first-order valence-electron chi connectivity index (χ1n) is 14.0. The molecule has 1 aliphatic carbocycles. The minimum absolute atomic E-state index is 0.523. The summed E-state index contributed by atoms with van der Waals surface area (Å²) >= 11 is 0. The summed E-state index contributed by atoms with van der Waals surface area (Å²) in [5, 5.41) is 0. The van der Waals surface area contributed by atoms with E-state index in [1.807, 2.05) is 0 Å². The Morgan fingerprint density at radius 3 is 1.85 bits per heavy atom. The first-order chi connectivity index (χ1) is 18.6. The smallest absolute Gasteiger partial charge is 0.0123 e. The molecule has 1 atom stereocenters. The van der Waals surface area contributed by atoms with Crippen molar-refractivity contribution in [2.45, 2.75) is 54.9 Å². The molecule has 0 aliphatic heterocycles. The van der Waals surface area contributed by atoms with Crippen LogP contribution in [0.2, 0.25) is 0 Å². The van der Waals surface area contributed by atoms with Crippen LogP contribution in [0, 0.1) is 12.8 Å². The second-order valence-corrected chi connectivity index (χ2v) is 11.2. The highest BCUT2D eigenvalue weighted by molar-refractivity contribution is 5.99. The zero-order chi connectivity index (χ0) is 28.3. The van der Waals surface area contributed by atoms with Crippen molar-refractivity contribution in [2.75, 3.05) is 0 Å². The SMILES string of the molecule is C=C(C)/C(C1=C(C)C=CC(C)C1)=C(\C)c1cc(/C(C)=C(/C(=C)C)c2ccccc2C)cc(-c2ccccc2)c1. The third-order valence-corrected chi connectivity index (χ3v) is 7.90. The Balaban J connectivity index is 2.03. The molecule has 0 heteroatoms. The Labute approximate surface area is 236 Å². The van der Waals surface area contributed by atoms with Gasteiger partial charge in [0.2, 0.25) is 0 Å². The number of aryl methyl sites for hydroxylation is 1. The normalized spacial score (nSPS) is 16.5. The molecule has 39 heavy (non-hydrogen) atoms. The molecule has 4 rings (SSSR count). The molecule has 198 valence electrons. The molecule has 0 saturated heterocycles. The molecule has 0 heterocycles. The lowest BCUT2D eigenvalue weighted by Gasteiger charge is -2.24. The lowest BCUT2D eigenvalue weighted by Crippen LogP contribution is -2.06. The van der Waals surface area contributed by atoms with Crippen molar-refractivity contribution >= 4 is 16.7 Å². The molecule has 0 bridgehead atoms. The molecule has 0 radical (unpaired) electrons. The van der Waals surface area contributed by atoms with Crippen molar-refractivity contribution in [2.24, 2.45) is 5.92 Å². The molecule has 3 aromatic rings. The van der Waals surface area contributed by atoms with Crippen molar-refractivity contribution in [3.63, 3.8) is 0 Å². The molecule has 0 aromatic heterocycles. The van der Waals surface area contributed by atoms with E-state index in [-0.39, 0.29) is 0 Å². The maximum absolute atomic E-state index is 4.44. The van der Waals surface area contributed by atoms with E-state index in [0.29, 0.717) is 5.92 Å². The van der Waals surface area contributed by atoms with Gasteiger partial charge in [0, 0.05) is 0 Å². The molecule has 3 aromatic carbocycles. The van der Waals surface area contributed by atoms with Crippen LogP contribution in [0.3, 0.4) is 0 Å². The van der Waals surface area contributed by atoms with Crippen LogP contribution in [-0.2, 0) is 0 Å². The Morgan fingerprint density at radius 2 is 1.26 bits per heavy atom. The quantitative estimate of drug-likeness (QED) is 0.219. The van der Waals surface area contributed by atoms with Gasteiger partial charge < -0.3 is 0 Å². The molecule has 0 spiro atoms. The van der Waals surface area contributed by atoms with Gasteiger partial charge in [-0.25, -0.2) is 0 Å². The maximum atomic E-state index is 4.44. The fourth-order valence-corrected chi connectivity index (χ4v) is 5.82. The van der Waals surface area contributed by atoms with Crippen LogP contribution in [0.15, 0.2) is 126 Å². The van der Waals surface area contributed by atoms with Gasteiger partial charge in [-0.15, -0.1) is 0 Å². The van der Waals surface area contributed by atoms with Gasteiger partial charge >= 0.3 is 0 Å². The highest BCUT2D eigenvalue weighted by Crippen LogP contribution is 2.40. The van der Waals surface area contributed by atoms with Crippen molar-refractivity contribution in [1.29, 1.82) is 0 Å². The minimum atomic E-state index is 0.523. The number of rotatable bonds is 7. The number of allylic oxidation sites excluding steroid dienone is 10. The fourth-order valence-electron chi connectivity index (χ4n) is 5.82. The molecule has 0 fully saturated rings. The molecule has 0 amide bonds.